The van der Waals surface area contributed by atoms with E-state index < -0.39 is 52.5 Å². The molecule has 0 amide bonds. The fourth-order valence-electron chi connectivity index (χ4n) is 2.14. The molecule has 9 heteroatoms. The molecule has 0 aliphatic heterocycles. The summed E-state index contributed by atoms with van der Waals surface area (Å²) in [6.45, 7) is 7.76. The number of carbonyl (C=O) groups excluding carboxylic acids is 4. The molecule has 0 aromatic rings. The Labute approximate surface area is 166 Å². The summed E-state index contributed by atoms with van der Waals surface area (Å²) in [5.74, 6) is -0.867. The maximum absolute atomic E-state index is 12.9. The Kier molecular flexibility index (Phi) is 15.0. The molecule has 0 radical (unpaired) electrons. The fourth-order valence-corrected chi connectivity index (χ4v) is 9.22. The van der Waals surface area contributed by atoms with Gasteiger partial charge in [-0.2, -0.15) is 0 Å². The van der Waals surface area contributed by atoms with E-state index in [-0.39, 0.29) is 26.4 Å². The van der Waals surface area contributed by atoms with Crippen molar-refractivity contribution in [3.8, 4) is 0 Å². The van der Waals surface area contributed by atoms with Gasteiger partial charge in [0, 0.05) is 0 Å². The summed E-state index contributed by atoms with van der Waals surface area (Å²) in [7, 11) is 0. The molecule has 8 nitrogen and oxygen atoms in total. The Morgan fingerprint density at radius 3 is 1.33 bits per heavy atom. The zero-order valence-electron chi connectivity index (χ0n) is 16.8. The monoisotopic (exact) mass is 466 g/mol. The molecule has 156 valence electrons. The Bertz CT molecular complexity index is 448. The van der Waals surface area contributed by atoms with Crippen molar-refractivity contribution in [2.75, 3.05) is 39.6 Å². The number of rotatable bonds is 18. The molecule has 0 saturated heterocycles. The van der Waals surface area contributed by atoms with Crippen LogP contribution in [0.2, 0.25) is 0 Å². The zero-order valence-corrected chi connectivity index (χ0v) is 19.3. The van der Waals surface area contributed by atoms with Crippen molar-refractivity contribution in [2.24, 2.45) is 0 Å². The van der Waals surface area contributed by atoms with Gasteiger partial charge in [0.1, 0.15) is 0 Å². The summed E-state index contributed by atoms with van der Waals surface area (Å²) in [4.78, 5) is 49.7. The van der Waals surface area contributed by atoms with E-state index in [9.17, 15) is 19.2 Å². The summed E-state index contributed by atoms with van der Waals surface area (Å²) in [6.07, 6.45) is 0.201. The molecule has 27 heavy (non-hydrogen) atoms. The summed E-state index contributed by atoms with van der Waals surface area (Å²) < 4.78 is 20.3. The van der Waals surface area contributed by atoms with Gasteiger partial charge in [0.25, 0.3) is 0 Å². The molecule has 0 heterocycles. The third-order valence-electron chi connectivity index (χ3n) is 3.40. The van der Waals surface area contributed by atoms with Crippen LogP contribution in [-0.2, 0) is 55.4 Å². The second kappa shape index (κ2) is 15.3. The van der Waals surface area contributed by atoms with E-state index in [4.69, 9.17) is 15.1 Å². The van der Waals surface area contributed by atoms with Crippen LogP contribution in [0.3, 0.4) is 0 Å². The Hall–Kier alpha value is -0.597. The van der Waals surface area contributed by atoms with Crippen LogP contribution in [-0.4, -0.2) is 58.2 Å². The van der Waals surface area contributed by atoms with Crippen LogP contribution in [0, 0.1) is 0 Å². The molecular weight excluding hydrogens is 435 g/mol. The molecule has 0 fully saturated rings. The molecule has 0 saturated carbocycles. The van der Waals surface area contributed by atoms with Crippen molar-refractivity contribution in [1.82, 2.24) is 0 Å². The average Bonchev–Trinajstić information content (AvgIpc) is 2.64. The van der Waals surface area contributed by atoms with Crippen LogP contribution in [0.4, 0.5) is 0 Å². The number of Topliss-reactive ketones (excluding diaryl/α,β-unsaturated/α-hetero) is 2. The van der Waals surface area contributed by atoms with Crippen LogP contribution in [0.25, 0.3) is 0 Å². The molecular formula is C18H32O8Zr. The van der Waals surface area contributed by atoms with Crippen LogP contribution < -0.4 is 0 Å². The maximum atomic E-state index is 12.9. The Morgan fingerprint density at radius 2 is 1.04 bits per heavy atom. The van der Waals surface area contributed by atoms with Crippen LogP contribution in [0.15, 0.2) is 0 Å². The van der Waals surface area contributed by atoms with Crippen molar-refractivity contribution in [3.05, 3.63) is 0 Å². The number of carbonyl (C=O) groups is 4. The molecule has 0 aliphatic carbocycles. The third kappa shape index (κ3) is 9.95. The van der Waals surface area contributed by atoms with Crippen LogP contribution in [0.5, 0.6) is 0 Å². The van der Waals surface area contributed by atoms with E-state index in [2.05, 4.69) is 0 Å². The second-order valence-corrected chi connectivity index (χ2v) is 13.1. The normalized spacial score (nSPS) is 11.4. The van der Waals surface area contributed by atoms with Gasteiger partial charge in [0.15, 0.2) is 0 Å². The van der Waals surface area contributed by atoms with E-state index in [1.807, 2.05) is 13.8 Å². The van der Waals surface area contributed by atoms with Crippen molar-refractivity contribution in [1.29, 1.82) is 0 Å². The molecule has 0 unspecified atom stereocenters. The van der Waals surface area contributed by atoms with E-state index in [0.717, 1.165) is 0 Å². The van der Waals surface area contributed by atoms with Gasteiger partial charge in [-0.1, -0.05) is 0 Å². The summed E-state index contributed by atoms with van der Waals surface area (Å²) >= 11 is -5.01. The minimum absolute atomic E-state index is 0.163. The van der Waals surface area contributed by atoms with Crippen molar-refractivity contribution < 1.29 is 55.4 Å². The van der Waals surface area contributed by atoms with Crippen molar-refractivity contribution in [2.45, 2.75) is 53.4 Å². The topological polar surface area (TPSA) is 105 Å². The van der Waals surface area contributed by atoms with Crippen LogP contribution >= 0.6 is 0 Å². The molecule has 0 aliphatic rings. The van der Waals surface area contributed by atoms with Gasteiger partial charge in [0.05, 0.1) is 0 Å². The van der Waals surface area contributed by atoms with Crippen molar-refractivity contribution >= 4 is 18.5 Å². The quantitative estimate of drug-likeness (QED) is 0.281. The number of hydrogen-bond acceptors (Lipinski definition) is 8. The van der Waals surface area contributed by atoms with Gasteiger partial charge in [-0.15, -0.1) is 0 Å². The third-order valence-corrected chi connectivity index (χ3v) is 10.9. The summed E-state index contributed by atoms with van der Waals surface area (Å²) in [5, 5.41) is 0. The van der Waals surface area contributed by atoms with E-state index in [1.165, 1.54) is 0 Å². The van der Waals surface area contributed by atoms with E-state index >= 15 is 0 Å². The molecule has 0 spiro atoms. The number of ketones is 2. The molecule has 0 aromatic heterocycles. The first-order valence-corrected chi connectivity index (χ1v) is 13.9. The predicted octanol–water partition coefficient (Wildman–Crippen LogP) is 1.87. The first kappa shape index (κ1) is 26.4. The SMILES string of the molecule is CCC[O][Zr]([O]CCC)([C](=O)CC(=O)COCC)[C](=O)CC(=O)COCC. The summed E-state index contributed by atoms with van der Waals surface area (Å²) in [6, 6.07) is 0. The van der Waals surface area contributed by atoms with Crippen molar-refractivity contribution in [3.63, 3.8) is 0 Å². The molecule has 0 rings (SSSR count). The van der Waals surface area contributed by atoms with E-state index in [0.29, 0.717) is 26.1 Å². The number of hydrogen-bond donors (Lipinski definition) is 0. The van der Waals surface area contributed by atoms with Gasteiger partial charge in [-0.05, 0) is 0 Å². The number of ether oxygens (including phenoxy) is 2. The zero-order chi connectivity index (χ0) is 20.7. The van der Waals surface area contributed by atoms with E-state index in [1.54, 1.807) is 13.8 Å². The minimum atomic E-state index is -5.01. The standard InChI is InChI=1S/2C6H9O3.2C3H7O.Zr/c2*1-2-9-5-6(8)3-4-7;2*1-2-3-4;/h2*2-3,5H2,1H3;2*2-3H2,1H3;/q;;2*-1;+2. The second-order valence-electron chi connectivity index (χ2n) is 5.87. The molecule has 0 bridgehead atoms. The van der Waals surface area contributed by atoms with Gasteiger partial charge >= 0.3 is 167 Å². The first-order chi connectivity index (χ1) is 12.9. The van der Waals surface area contributed by atoms with Gasteiger partial charge < -0.3 is 0 Å². The summed E-state index contributed by atoms with van der Waals surface area (Å²) in [5.41, 5.74) is 0. The molecule has 0 N–H and O–H groups in total. The fraction of sp³-hybridized carbons (Fsp3) is 0.778. The molecule has 0 atom stereocenters. The van der Waals surface area contributed by atoms with Crippen LogP contribution in [0.1, 0.15) is 53.4 Å². The predicted molar refractivity (Wildman–Crippen MR) is 94.7 cm³/mol. The molecule has 0 aromatic carbocycles. The Balaban J connectivity index is 5.46. The van der Waals surface area contributed by atoms with Gasteiger partial charge in [-0.3, -0.25) is 0 Å². The van der Waals surface area contributed by atoms with Gasteiger partial charge in [-0.25, -0.2) is 0 Å². The Morgan fingerprint density at radius 1 is 0.667 bits per heavy atom. The average molecular weight is 468 g/mol. The van der Waals surface area contributed by atoms with Gasteiger partial charge in [0.2, 0.25) is 0 Å². The first-order valence-electron chi connectivity index (χ1n) is 9.41.